The summed E-state index contributed by atoms with van der Waals surface area (Å²) in [4.78, 5) is 30.7. The number of rotatable bonds is 5. The highest BCUT2D eigenvalue weighted by Gasteiger charge is 2.16. The number of carbonyl (C=O) groups excluding carboxylic acids is 1. The molecular formula is C3H6O7P4-4. The van der Waals surface area contributed by atoms with Gasteiger partial charge in [-0.1, -0.05) is 0 Å². The van der Waals surface area contributed by atoms with E-state index in [1.807, 2.05) is 0 Å². The molecular weight excluding hydrogens is 272 g/mol. The van der Waals surface area contributed by atoms with Gasteiger partial charge in [0.2, 0.25) is 0 Å². The summed E-state index contributed by atoms with van der Waals surface area (Å²) in [6, 6.07) is 0. The van der Waals surface area contributed by atoms with Gasteiger partial charge in [0.25, 0.3) is 0 Å². The van der Waals surface area contributed by atoms with Crippen LogP contribution in [0, 0.1) is 0 Å². The van der Waals surface area contributed by atoms with E-state index in [0.717, 1.165) is 0 Å². The molecule has 0 saturated carbocycles. The van der Waals surface area contributed by atoms with Gasteiger partial charge in [-0.3, -0.25) is 0 Å². The Bertz CT molecular complexity index is 235. The third-order valence-corrected chi connectivity index (χ3v) is 2.22. The standard InChI is InChI=1S/C3H8O7P4/c4-2(1-9-14(6,7)8)3(5)10-13(11)12/h2,4,11-12H,1H2,(H2,6,7,8)/q-2/p-2. The molecule has 0 spiro atoms. The van der Waals surface area contributed by atoms with Crippen LogP contribution in [0.25, 0.3) is 0 Å². The second-order valence-corrected chi connectivity index (χ2v) is 7.67. The number of aliphatic hydroxyl groups excluding tert-OH is 1. The van der Waals surface area contributed by atoms with Crippen LogP contribution in [-0.4, -0.2) is 23.8 Å². The third kappa shape index (κ3) is 8.16. The highest BCUT2D eigenvalue weighted by Crippen LogP contribution is 2.53. The maximum atomic E-state index is 10.8. The van der Waals surface area contributed by atoms with Crippen molar-refractivity contribution in [3.63, 3.8) is 0 Å². The van der Waals surface area contributed by atoms with Crippen molar-refractivity contribution in [3.05, 3.63) is 0 Å². The molecule has 0 heterocycles. The molecule has 0 rings (SSSR count). The molecule has 1 N–H and O–H groups in total. The SMILES string of the molecule is O=C(OP([PH-])[PH-])C(O)COP(=O)([O-])[O-]. The molecule has 0 radical (unpaired) electrons. The lowest BCUT2D eigenvalue weighted by Gasteiger charge is -2.31. The summed E-state index contributed by atoms with van der Waals surface area (Å²) < 4.78 is 18.0. The lowest BCUT2D eigenvalue weighted by atomic mass is 10.4. The molecule has 0 amide bonds. The zero-order valence-corrected chi connectivity index (χ0v) is 10.4. The van der Waals surface area contributed by atoms with Gasteiger partial charge in [0.15, 0.2) is 6.10 Å². The lowest BCUT2D eigenvalue weighted by Crippen LogP contribution is -2.28. The molecule has 84 valence electrons. The van der Waals surface area contributed by atoms with E-state index in [-0.39, 0.29) is 0 Å². The average molecular weight is 278 g/mol. The summed E-state index contributed by atoms with van der Waals surface area (Å²) in [7, 11) is -0.796. The maximum absolute atomic E-state index is 10.8. The number of phosphoric acid groups is 1. The Morgan fingerprint density at radius 1 is 1.57 bits per heavy atom. The van der Waals surface area contributed by atoms with Crippen molar-refractivity contribution in [2.24, 2.45) is 0 Å². The van der Waals surface area contributed by atoms with E-state index in [4.69, 9.17) is 5.11 Å². The van der Waals surface area contributed by atoms with E-state index in [1.54, 1.807) is 0 Å². The van der Waals surface area contributed by atoms with Gasteiger partial charge in [0.05, 0.1) is 14.4 Å². The summed E-state index contributed by atoms with van der Waals surface area (Å²) in [5.41, 5.74) is 0. The van der Waals surface area contributed by atoms with Crippen molar-refractivity contribution in [1.82, 2.24) is 0 Å². The number of hydrogen-bond acceptors (Lipinski definition) is 7. The molecule has 0 aliphatic rings. The van der Waals surface area contributed by atoms with Crippen molar-refractivity contribution in [1.29, 1.82) is 0 Å². The quantitative estimate of drug-likeness (QED) is 0.657. The Morgan fingerprint density at radius 3 is 2.43 bits per heavy atom. The third-order valence-electron chi connectivity index (χ3n) is 0.844. The molecule has 0 aromatic carbocycles. The van der Waals surface area contributed by atoms with Gasteiger partial charge < -0.3 is 46.4 Å². The van der Waals surface area contributed by atoms with Crippen LogP contribution < -0.4 is 9.79 Å². The topological polar surface area (TPSA) is 119 Å². The van der Waals surface area contributed by atoms with E-state index >= 15 is 0 Å². The van der Waals surface area contributed by atoms with E-state index in [9.17, 15) is 19.1 Å². The lowest BCUT2D eigenvalue weighted by molar-refractivity contribution is -0.342. The first-order valence-corrected chi connectivity index (χ1v) is 8.42. The van der Waals surface area contributed by atoms with Gasteiger partial charge >= 0.3 is 5.97 Å². The number of carbonyl (C=O) groups is 1. The Hall–Kier alpha value is 0.830. The average Bonchev–Trinajstić information content (AvgIpc) is 1.97. The van der Waals surface area contributed by atoms with Crippen LogP contribution in [0.5, 0.6) is 0 Å². The predicted octanol–water partition coefficient (Wildman–Crippen LogP) is -0.752. The van der Waals surface area contributed by atoms with Crippen LogP contribution in [-0.2, 0) is 18.4 Å². The van der Waals surface area contributed by atoms with Gasteiger partial charge in [-0.25, -0.2) is 12.3 Å². The molecule has 0 saturated heterocycles. The summed E-state index contributed by atoms with van der Waals surface area (Å²) >= 11 is 0. The molecule has 0 aliphatic heterocycles. The van der Waals surface area contributed by atoms with E-state index in [2.05, 4.69) is 26.9 Å². The number of hydrogen-bond donors (Lipinski definition) is 1. The first-order chi connectivity index (χ1) is 6.22. The van der Waals surface area contributed by atoms with Crippen molar-refractivity contribution < 1.29 is 33.3 Å². The predicted molar refractivity (Wildman–Crippen MR) is 49.2 cm³/mol. The second-order valence-electron chi connectivity index (χ2n) is 1.96. The molecule has 7 nitrogen and oxygen atoms in total. The minimum Gasteiger partial charge on any atom is -0.790 e. The van der Waals surface area contributed by atoms with Crippen LogP contribution in [0.1, 0.15) is 0 Å². The Labute approximate surface area is 85.8 Å². The monoisotopic (exact) mass is 278 g/mol. The number of phosphoric ester groups is 1. The van der Waals surface area contributed by atoms with Gasteiger partial charge in [-0.15, -0.1) is 0 Å². The van der Waals surface area contributed by atoms with Crippen molar-refractivity contribution in [2.45, 2.75) is 6.10 Å². The largest absolute Gasteiger partial charge is 0.790 e. The molecule has 0 aromatic heterocycles. The van der Waals surface area contributed by atoms with E-state index in [0.29, 0.717) is 0 Å². The molecule has 1 atom stereocenters. The maximum Gasteiger partial charge on any atom is 0.335 e. The Kier molecular flexibility index (Phi) is 6.80. The Morgan fingerprint density at radius 2 is 2.07 bits per heavy atom. The molecule has 0 aromatic rings. The van der Waals surface area contributed by atoms with Crippen LogP contribution in [0.3, 0.4) is 0 Å². The minimum atomic E-state index is -5.18. The fourth-order valence-corrected chi connectivity index (χ4v) is 1.55. The van der Waals surface area contributed by atoms with Crippen LogP contribution in [0.2, 0.25) is 0 Å². The summed E-state index contributed by atoms with van der Waals surface area (Å²) in [6.45, 7) is -0.954. The molecule has 11 heteroatoms. The first kappa shape index (κ1) is 14.8. The molecule has 1 unspecified atom stereocenters. The van der Waals surface area contributed by atoms with Gasteiger partial charge in [0.1, 0.15) is 0 Å². The highest BCUT2D eigenvalue weighted by atomic mass is 32.4. The van der Waals surface area contributed by atoms with Crippen molar-refractivity contribution in [2.75, 3.05) is 6.61 Å². The molecule has 0 aliphatic carbocycles. The zero-order valence-electron chi connectivity index (χ0n) is 6.58. The van der Waals surface area contributed by atoms with Crippen LogP contribution >= 0.6 is 33.2 Å². The van der Waals surface area contributed by atoms with Crippen LogP contribution in [0.15, 0.2) is 0 Å². The summed E-state index contributed by atoms with van der Waals surface area (Å²) in [6.07, 6.45) is -1.82. The second kappa shape index (κ2) is 6.42. The minimum absolute atomic E-state index is 0.954. The van der Waals surface area contributed by atoms with E-state index < -0.39 is 34.0 Å². The normalized spacial score (nSPS) is 14.1. The molecule has 14 heavy (non-hydrogen) atoms. The van der Waals surface area contributed by atoms with Gasteiger partial charge in [-0.2, -0.15) is 0 Å². The summed E-state index contributed by atoms with van der Waals surface area (Å²) in [5, 5.41) is 8.90. The smallest absolute Gasteiger partial charge is 0.335 e. The van der Waals surface area contributed by atoms with Gasteiger partial charge in [0, 0.05) is 0 Å². The van der Waals surface area contributed by atoms with E-state index in [1.165, 1.54) is 0 Å². The van der Waals surface area contributed by atoms with Crippen LogP contribution in [0.4, 0.5) is 0 Å². The van der Waals surface area contributed by atoms with Crippen molar-refractivity contribution in [3.8, 4) is 0 Å². The summed E-state index contributed by atoms with van der Waals surface area (Å²) in [5.74, 6) is -1.10. The first-order valence-electron chi connectivity index (χ1n) is 3.01. The number of aliphatic hydroxyl groups is 1. The molecule has 0 bridgehead atoms. The highest BCUT2D eigenvalue weighted by molar-refractivity contribution is 8.41. The fraction of sp³-hybridized carbons (Fsp3) is 0.667. The fourth-order valence-electron chi connectivity index (χ4n) is 0.381. The van der Waals surface area contributed by atoms with Gasteiger partial charge in [-0.05, 0) is 0 Å². The molecule has 0 fully saturated rings. The van der Waals surface area contributed by atoms with Crippen molar-refractivity contribution >= 4 is 39.2 Å². The Balaban J connectivity index is 3.91. The zero-order chi connectivity index (χ0) is 11.4.